The molecule has 0 saturated heterocycles. The lowest BCUT2D eigenvalue weighted by Gasteiger charge is -2.05. The van der Waals surface area contributed by atoms with Crippen molar-refractivity contribution in [2.75, 3.05) is 0 Å². The lowest BCUT2D eigenvalue weighted by atomic mass is 9.99. The fraction of sp³-hybridized carbons (Fsp3) is 0.136. The van der Waals surface area contributed by atoms with Crippen molar-refractivity contribution < 1.29 is 4.79 Å². The summed E-state index contributed by atoms with van der Waals surface area (Å²) >= 11 is 0. The first-order chi connectivity index (χ1) is 11.3. The molecule has 0 fully saturated rings. The van der Waals surface area contributed by atoms with Gasteiger partial charge in [-0.15, -0.1) is 0 Å². The van der Waals surface area contributed by atoms with E-state index in [1.165, 1.54) is 16.3 Å². The molecule has 1 nitrogen and oxygen atoms in total. The number of carbonyl (C=O) groups excluding carboxylic acids is 1. The number of hydrogen-bond acceptors (Lipinski definition) is 1. The number of rotatable bonds is 6. The average molecular weight is 300 g/mol. The number of Topliss-reactive ketones (excluding diaryl/α,β-unsaturated/α-hetero) is 1. The fourth-order valence-corrected chi connectivity index (χ4v) is 2.78. The molecule has 0 saturated carbocycles. The molecule has 0 aliphatic rings. The molecule has 0 bridgehead atoms. The number of benzene rings is 3. The second kappa shape index (κ2) is 7.55. The molecule has 0 heterocycles. The predicted molar refractivity (Wildman–Crippen MR) is 97.4 cm³/mol. The van der Waals surface area contributed by atoms with Gasteiger partial charge in [-0.2, -0.15) is 0 Å². The van der Waals surface area contributed by atoms with E-state index in [1.807, 2.05) is 48.6 Å². The van der Waals surface area contributed by atoms with E-state index < -0.39 is 0 Å². The summed E-state index contributed by atoms with van der Waals surface area (Å²) in [4.78, 5) is 12.1. The molecule has 0 unspecified atom stereocenters. The maximum Gasteiger partial charge on any atom is 0.136 e. The lowest BCUT2D eigenvalue weighted by Crippen LogP contribution is -1.99. The van der Waals surface area contributed by atoms with Crippen LogP contribution in [0, 0.1) is 0 Å². The van der Waals surface area contributed by atoms with Gasteiger partial charge in [0, 0.05) is 12.8 Å². The highest BCUT2D eigenvalue weighted by Crippen LogP contribution is 2.20. The van der Waals surface area contributed by atoms with Gasteiger partial charge in [0.1, 0.15) is 5.78 Å². The summed E-state index contributed by atoms with van der Waals surface area (Å²) in [7, 11) is 0. The molecule has 114 valence electrons. The standard InChI is InChI=1S/C22H20O/c23-21(14-6-10-18-8-2-1-3-9-18)17-16-20-13-7-12-19-11-4-5-15-22(19)20/h1-13,15H,14,16-17H2/b10-6+. The minimum atomic E-state index is 0.283. The summed E-state index contributed by atoms with van der Waals surface area (Å²) in [5.41, 5.74) is 2.39. The molecule has 1 heteroatoms. The zero-order valence-corrected chi connectivity index (χ0v) is 13.1. The molecule has 3 aromatic rings. The summed E-state index contributed by atoms with van der Waals surface area (Å²) in [5.74, 6) is 0.283. The van der Waals surface area contributed by atoms with Crippen molar-refractivity contribution in [1.29, 1.82) is 0 Å². The summed E-state index contributed by atoms with van der Waals surface area (Å²) in [6, 6.07) is 24.7. The molecule has 3 aromatic carbocycles. The van der Waals surface area contributed by atoms with Crippen molar-refractivity contribution >= 4 is 22.6 Å². The van der Waals surface area contributed by atoms with Gasteiger partial charge in [-0.05, 0) is 28.3 Å². The highest BCUT2D eigenvalue weighted by atomic mass is 16.1. The molecule has 0 aromatic heterocycles. The molecule has 0 amide bonds. The van der Waals surface area contributed by atoms with Crippen molar-refractivity contribution in [2.45, 2.75) is 19.3 Å². The third-order valence-electron chi connectivity index (χ3n) is 4.01. The van der Waals surface area contributed by atoms with Crippen molar-refractivity contribution in [3.63, 3.8) is 0 Å². The van der Waals surface area contributed by atoms with E-state index in [0.29, 0.717) is 12.8 Å². The van der Waals surface area contributed by atoms with Crippen LogP contribution < -0.4 is 0 Å². The first-order valence-corrected chi connectivity index (χ1v) is 8.03. The Morgan fingerprint density at radius 2 is 1.57 bits per heavy atom. The predicted octanol–water partition coefficient (Wildman–Crippen LogP) is 5.45. The zero-order valence-electron chi connectivity index (χ0n) is 13.1. The van der Waals surface area contributed by atoms with E-state index in [-0.39, 0.29) is 5.78 Å². The molecule has 23 heavy (non-hydrogen) atoms. The third-order valence-corrected chi connectivity index (χ3v) is 4.01. The van der Waals surface area contributed by atoms with Crippen LogP contribution in [0.4, 0.5) is 0 Å². The topological polar surface area (TPSA) is 17.1 Å². The summed E-state index contributed by atoms with van der Waals surface area (Å²) in [5, 5.41) is 2.49. The van der Waals surface area contributed by atoms with Crippen LogP contribution in [0.1, 0.15) is 24.0 Å². The monoisotopic (exact) mass is 300 g/mol. The molecule has 0 N–H and O–H groups in total. The van der Waals surface area contributed by atoms with Crippen LogP contribution in [0.5, 0.6) is 0 Å². The summed E-state index contributed by atoms with van der Waals surface area (Å²) < 4.78 is 0. The maximum atomic E-state index is 12.1. The van der Waals surface area contributed by atoms with Crippen molar-refractivity contribution in [3.8, 4) is 0 Å². The molecule has 0 radical (unpaired) electrons. The van der Waals surface area contributed by atoms with Crippen LogP contribution >= 0.6 is 0 Å². The van der Waals surface area contributed by atoms with Gasteiger partial charge < -0.3 is 0 Å². The van der Waals surface area contributed by atoms with E-state index in [1.54, 1.807) is 0 Å². The van der Waals surface area contributed by atoms with Crippen LogP contribution in [0.2, 0.25) is 0 Å². The van der Waals surface area contributed by atoms with Crippen LogP contribution in [-0.4, -0.2) is 5.78 Å². The Balaban J connectivity index is 1.57. The Labute approximate surface area is 137 Å². The van der Waals surface area contributed by atoms with Gasteiger partial charge in [0.05, 0.1) is 0 Å². The number of allylic oxidation sites excluding steroid dienone is 1. The smallest absolute Gasteiger partial charge is 0.136 e. The van der Waals surface area contributed by atoms with Gasteiger partial charge in [0.2, 0.25) is 0 Å². The molecule has 3 rings (SSSR count). The molecule has 0 spiro atoms. The second-order valence-electron chi connectivity index (χ2n) is 5.69. The quantitative estimate of drug-likeness (QED) is 0.592. The number of aryl methyl sites for hydroxylation is 1. The Bertz CT molecular complexity index is 810. The Morgan fingerprint density at radius 1 is 0.826 bits per heavy atom. The third kappa shape index (κ3) is 4.17. The molecule has 0 aliphatic heterocycles. The van der Waals surface area contributed by atoms with E-state index in [4.69, 9.17) is 0 Å². The SMILES string of the molecule is O=C(C/C=C/c1ccccc1)CCc1cccc2ccccc12. The van der Waals surface area contributed by atoms with Crippen LogP contribution in [0.15, 0.2) is 78.9 Å². The Kier molecular flexibility index (Phi) is 5.00. The second-order valence-corrected chi connectivity index (χ2v) is 5.69. The van der Waals surface area contributed by atoms with E-state index in [0.717, 1.165) is 12.0 Å². The summed E-state index contributed by atoms with van der Waals surface area (Å²) in [6.07, 6.45) is 5.86. The first kappa shape index (κ1) is 15.2. The minimum absolute atomic E-state index is 0.283. The van der Waals surface area contributed by atoms with Crippen molar-refractivity contribution in [2.24, 2.45) is 0 Å². The number of ketones is 1. The van der Waals surface area contributed by atoms with Crippen LogP contribution in [0.25, 0.3) is 16.8 Å². The molecular formula is C22H20O. The van der Waals surface area contributed by atoms with Gasteiger partial charge >= 0.3 is 0 Å². The molecular weight excluding hydrogens is 280 g/mol. The normalized spacial score (nSPS) is 11.1. The van der Waals surface area contributed by atoms with Gasteiger partial charge in [0.15, 0.2) is 0 Å². The van der Waals surface area contributed by atoms with Gasteiger partial charge in [-0.25, -0.2) is 0 Å². The fourth-order valence-electron chi connectivity index (χ4n) is 2.78. The number of fused-ring (bicyclic) bond motifs is 1. The highest BCUT2D eigenvalue weighted by Gasteiger charge is 2.04. The minimum Gasteiger partial charge on any atom is -0.299 e. The van der Waals surface area contributed by atoms with Crippen LogP contribution in [0.3, 0.4) is 0 Å². The zero-order chi connectivity index (χ0) is 15.9. The van der Waals surface area contributed by atoms with E-state index >= 15 is 0 Å². The number of hydrogen-bond donors (Lipinski definition) is 0. The first-order valence-electron chi connectivity index (χ1n) is 8.03. The Morgan fingerprint density at radius 3 is 2.43 bits per heavy atom. The molecule has 0 atom stereocenters. The van der Waals surface area contributed by atoms with Crippen molar-refractivity contribution in [1.82, 2.24) is 0 Å². The average Bonchev–Trinajstić information content (AvgIpc) is 2.61. The van der Waals surface area contributed by atoms with Gasteiger partial charge in [-0.1, -0.05) is 84.9 Å². The van der Waals surface area contributed by atoms with Gasteiger partial charge in [0.25, 0.3) is 0 Å². The maximum absolute atomic E-state index is 12.1. The Hall–Kier alpha value is -2.67. The van der Waals surface area contributed by atoms with E-state index in [2.05, 4.69) is 36.4 Å². The molecule has 0 aliphatic carbocycles. The van der Waals surface area contributed by atoms with Crippen LogP contribution in [-0.2, 0) is 11.2 Å². The number of carbonyl (C=O) groups is 1. The van der Waals surface area contributed by atoms with E-state index in [9.17, 15) is 4.79 Å². The van der Waals surface area contributed by atoms with Gasteiger partial charge in [-0.3, -0.25) is 4.79 Å². The highest BCUT2D eigenvalue weighted by molar-refractivity contribution is 5.87. The largest absolute Gasteiger partial charge is 0.299 e. The lowest BCUT2D eigenvalue weighted by molar-refractivity contribution is -0.118. The van der Waals surface area contributed by atoms with Crippen molar-refractivity contribution in [3.05, 3.63) is 90.0 Å². The summed E-state index contributed by atoms with van der Waals surface area (Å²) in [6.45, 7) is 0.